The van der Waals surface area contributed by atoms with Crippen LogP contribution < -0.4 is 5.73 Å². The molecular weight excluding hydrogens is 208 g/mol. The fraction of sp³-hybridized carbons (Fsp3) is 0.364. The molecule has 0 aliphatic rings. The van der Waals surface area contributed by atoms with Gasteiger partial charge < -0.3 is 10.2 Å². The summed E-state index contributed by atoms with van der Waals surface area (Å²) in [4.78, 5) is 5.76. The third-order valence-corrected chi connectivity index (χ3v) is 3.22. The molecule has 0 radical (unpaired) electrons. The van der Waals surface area contributed by atoms with Crippen molar-refractivity contribution < 1.29 is 4.42 Å². The molecule has 0 unspecified atom stereocenters. The van der Waals surface area contributed by atoms with E-state index in [9.17, 15) is 0 Å². The summed E-state index contributed by atoms with van der Waals surface area (Å²) in [6.45, 7) is 2.79. The van der Waals surface area contributed by atoms with E-state index < -0.39 is 0 Å². The third kappa shape index (κ3) is 2.27. The highest BCUT2D eigenvalue weighted by Gasteiger charge is 2.11. The first-order valence-electron chi connectivity index (χ1n) is 5.01. The van der Waals surface area contributed by atoms with E-state index in [0.29, 0.717) is 6.54 Å². The van der Waals surface area contributed by atoms with E-state index in [1.54, 1.807) is 17.6 Å². The van der Waals surface area contributed by atoms with Crippen molar-refractivity contribution in [2.45, 2.75) is 19.8 Å². The molecule has 0 saturated carbocycles. The molecule has 0 aliphatic heterocycles. The Morgan fingerprint density at radius 3 is 3.07 bits per heavy atom. The van der Waals surface area contributed by atoms with E-state index >= 15 is 0 Å². The van der Waals surface area contributed by atoms with Crippen molar-refractivity contribution in [3.05, 3.63) is 28.3 Å². The summed E-state index contributed by atoms with van der Waals surface area (Å²) in [5.74, 6) is 0.850. The van der Waals surface area contributed by atoms with E-state index in [-0.39, 0.29) is 0 Å². The zero-order valence-electron chi connectivity index (χ0n) is 8.69. The number of rotatable bonds is 4. The van der Waals surface area contributed by atoms with Crippen LogP contribution in [0.5, 0.6) is 0 Å². The Labute approximate surface area is 92.9 Å². The van der Waals surface area contributed by atoms with Gasteiger partial charge in [0.25, 0.3) is 0 Å². The molecule has 0 aliphatic carbocycles. The summed E-state index contributed by atoms with van der Waals surface area (Å²) >= 11 is 1.73. The van der Waals surface area contributed by atoms with Crippen molar-refractivity contribution in [2.24, 2.45) is 5.73 Å². The second-order valence-electron chi connectivity index (χ2n) is 3.38. The molecular formula is C11H14N2OS. The number of hydrogen-bond acceptors (Lipinski definition) is 4. The molecule has 0 saturated heterocycles. The van der Waals surface area contributed by atoms with Crippen molar-refractivity contribution in [3.8, 4) is 11.5 Å². The lowest BCUT2D eigenvalue weighted by Gasteiger charge is -1.91. The summed E-state index contributed by atoms with van der Waals surface area (Å²) in [5, 5.41) is 1.14. The van der Waals surface area contributed by atoms with Gasteiger partial charge in [-0.2, -0.15) is 0 Å². The Morgan fingerprint density at radius 1 is 1.53 bits per heavy atom. The Kier molecular flexibility index (Phi) is 3.18. The quantitative estimate of drug-likeness (QED) is 0.865. The van der Waals surface area contributed by atoms with E-state index in [0.717, 1.165) is 29.3 Å². The maximum atomic E-state index is 5.47. The fourth-order valence-corrected chi connectivity index (χ4v) is 2.43. The Bertz CT molecular complexity index is 420. The minimum Gasteiger partial charge on any atom is -0.463 e. The van der Waals surface area contributed by atoms with Crippen LogP contribution >= 0.6 is 11.3 Å². The van der Waals surface area contributed by atoms with Crippen molar-refractivity contribution in [1.29, 1.82) is 0 Å². The van der Waals surface area contributed by atoms with Crippen LogP contribution in [0.1, 0.15) is 16.3 Å². The van der Waals surface area contributed by atoms with E-state index in [4.69, 9.17) is 10.2 Å². The molecule has 15 heavy (non-hydrogen) atoms. The molecule has 0 fully saturated rings. The summed E-state index contributed by atoms with van der Waals surface area (Å²) in [5.41, 5.74) is 6.44. The Hall–Kier alpha value is -1.13. The number of aromatic nitrogens is 1. The number of nitrogens with two attached hydrogens (primary N) is 1. The van der Waals surface area contributed by atoms with Crippen LogP contribution in [0.25, 0.3) is 11.5 Å². The number of nitrogens with zero attached hydrogens (tertiary/aromatic N) is 1. The van der Waals surface area contributed by atoms with Gasteiger partial charge >= 0.3 is 0 Å². The Morgan fingerprint density at radius 2 is 2.40 bits per heavy atom. The van der Waals surface area contributed by atoms with Crippen molar-refractivity contribution in [3.63, 3.8) is 0 Å². The highest BCUT2D eigenvalue weighted by Crippen LogP contribution is 2.28. The molecule has 0 spiro atoms. The van der Waals surface area contributed by atoms with Gasteiger partial charge in [-0.05, 0) is 32.0 Å². The molecule has 0 bridgehead atoms. The molecule has 80 valence electrons. The number of furan rings is 1. The lowest BCUT2D eigenvalue weighted by Crippen LogP contribution is -1.99. The second kappa shape index (κ2) is 4.59. The average molecular weight is 222 g/mol. The standard InChI is InChI=1S/C11H14N2OS/c1-8-11(9-4-3-7-14-9)13-10(15-8)5-2-6-12/h3-4,7H,2,5-6,12H2,1H3. The van der Waals surface area contributed by atoms with Crippen molar-refractivity contribution in [1.82, 2.24) is 4.98 Å². The molecule has 2 rings (SSSR count). The van der Waals surface area contributed by atoms with Gasteiger partial charge in [0.15, 0.2) is 5.76 Å². The van der Waals surface area contributed by atoms with Gasteiger partial charge in [-0.15, -0.1) is 11.3 Å². The predicted molar refractivity (Wildman–Crippen MR) is 61.9 cm³/mol. The fourth-order valence-electron chi connectivity index (χ4n) is 1.45. The topological polar surface area (TPSA) is 52.0 Å². The minimum atomic E-state index is 0.717. The highest BCUT2D eigenvalue weighted by atomic mass is 32.1. The molecule has 0 atom stereocenters. The van der Waals surface area contributed by atoms with Crippen LogP contribution in [0.4, 0.5) is 0 Å². The van der Waals surface area contributed by atoms with E-state index in [2.05, 4.69) is 11.9 Å². The minimum absolute atomic E-state index is 0.717. The van der Waals surface area contributed by atoms with Crippen molar-refractivity contribution in [2.75, 3.05) is 6.54 Å². The molecule has 2 aromatic heterocycles. The van der Waals surface area contributed by atoms with Crippen LogP contribution in [-0.2, 0) is 6.42 Å². The lowest BCUT2D eigenvalue weighted by molar-refractivity contribution is 0.580. The smallest absolute Gasteiger partial charge is 0.153 e. The van der Waals surface area contributed by atoms with Gasteiger partial charge in [-0.3, -0.25) is 0 Å². The number of aryl methyl sites for hydroxylation is 2. The van der Waals surface area contributed by atoms with Gasteiger partial charge in [-0.1, -0.05) is 0 Å². The van der Waals surface area contributed by atoms with Gasteiger partial charge in [0.05, 0.1) is 11.3 Å². The normalized spacial score (nSPS) is 10.8. The molecule has 3 nitrogen and oxygen atoms in total. The van der Waals surface area contributed by atoms with Gasteiger partial charge in [0, 0.05) is 11.3 Å². The van der Waals surface area contributed by atoms with Crippen LogP contribution in [0.3, 0.4) is 0 Å². The van der Waals surface area contributed by atoms with Gasteiger partial charge in [-0.25, -0.2) is 4.98 Å². The summed E-state index contributed by atoms with van der Waals surface area (Å²) in [6.07, 6.45) is 3.63. The van der Waals surface area contributed by atoms with E-state index in [1.807, 2.05) is 12.1 Å². The summed E-state index contributed by atoms with van der Waals surface area (Å²) in [7, 11) is 0. The van der Waals surface area contributed by atoms with Crippen LogP contribution in [0.2, 0.25) is 0 Å². The Balaban J connectivity index is 2.22. The van der Waals surface area contributed by atoms with Crippen LogP contribution in [0, 0.1) is 6.92 Å². The predicted octanol–water partition coefficient (Wildman–Crippen LogP) is 2.60. The molecule has 2 N–H and O–H groups in total. The molecule has 0 aromatic carbocycles. The SMILES string of the molecule is Cc1sc(CCCN)nc1-c1ccco1. The molecule has 0 amide bonds. The van der Waals surface area contributed by atoms with Crippen molar-refractivity contribution >= 4 is 11.3 Å². The highest BCUT2D eigenvalue weighted by molar-refractivity contribution is 7.12. The van der Waals surface area contributed by atoms with Crippen LogP contribution in [-0.4, -0.2) is 11.5 Å². The van der Waals surface area contributed by atoms with E-state index in [1.165, 1.54) is 4.88 Å². The maximum Gasteiger partial charge on any atom is 0.153 e. The average Bonchev–Trinajstić information content (AvgIpc) is 2.83. The largest absolute Gasteiger partial charge is 0.463 e. The zero-order valence-corrected chi connectivity index (χ0v) is 9.51. The molecule has 2 heterocycles. The first-order valence-corrected chi connectivity index (χ1v) is 5.83. The second-order valence-corrected chi connectivity index (χ2v) is 4.67. The molecule has 4 heteroatoms. The summed E-state index contributed by atoms with van der Waals surface area (Å²) in [6, 6.07) is 3.82. The maximum absolute atomic E-state index is 5.47. The third-order valence-electron chi connectivity index (χ3n) is 2.19. The lowest BCUT2D eigenvalue weighted by atomic mass is 10.3. The number of thiazole rings is 1. The summed E-state index contributed by atoms with van der Waals surface area (Å²) < 4.78 is 5.34. The first kappa shape index (κ1) is 10.4. The van der Waals surface area contributed by atoms with Gasteiger partial charge in [0.2, 0.25) is 0 Å². The molecule has 2 aromatic rings. The van der Waals surface area contributed by atoms with Gasteiger partial charge in [0.1, 0.15) is 5.69 Å². The monoisotopic (exact) mass is 222 g/mol. The zero-order chi connectivity index (χ0) is 10.7. The van der Waals surface area contributed by atoms with Crippen LogP contribution in [0.15, 0.2) is 22.8 Å². The number of hydrogen-bond donors (Lipinski definition) is 1. The first-order chi connectivity index (χ1) is 7.31.